The number of carbonyl (C=O) groups excluding carboxylic acids is 3. The minimum atomic E-state index is -1.89. The Kier molecular flexibility index (Phi) is 4.73. The van der Waals surface area contributed by atoms with E-state index in [-0.39, 0.29) is 29.3 Å². The molecule has 0 radical (unpaired) electrons. The number of hydrogen-bond acceptors (Lipinski definition) is 8. The maximum absolute atomic E-state index is 13.1. The first-order valence-corrected chi connectivity index (χ1v) is 8.84. The first kappa shape index (κ1) is 19.0. The van der Waals surface area contributed by atoms with E-state index < -0.39 is 23.3 Å². The molecule has 3 rings (SSSR count). The molecule has 8 nitrogen and oxygen atoms in total. The summed E-state index contributed by atoms with van der Waals surface area (Å²) in [6.07, 6.45) is 0. The molecule has 0 amide bonds. The van der Waals surface area contributed by atoms with E-state index in [1.165, 1.54) is 6.92 Å². The molecule has 27 heavy (non-hydrogen) atoms. The predicted octanol–water partition coefficient (Wildman–Crippen LogP) is 1.85. The number of halogens is 1. The number of anilines is 1. The zero-order valence-corrected chi connectivity index (χ0v) is 16.4. The van der Waals surface area contributed by atoms with Crippen molar-refractivity contribution >= 4 is 39.5 Å². The Morgan fingerprint density at radius 3 is 2.63 bits per heavy atom. The largest absolute Gasteiger partial charge is 0.466 e. The third-order valence-corrected chi connectivity index (χ3v) is 4.94. The van der Waals surface area contributed by atoms with E-state index in [1.807, 2.05) is 0 Å². The molecule has 0 saturated heterocycles. The van der Waals surface area contributed by atoms with Crippen LogP contribution in [0.1, 0.15) is 19.4 Å². The van der Waals surface area contributed by atoms with E-state index >= 15 is 0 Å². The second-order valence-corrected chi connectivity index (χ2v) is 6.80. The van der Waals surface area contributed by atoms with Crippen LogP contribution in [0.4, 0.5) is 5.69 Å². The van der Waals surface area contributed by atoms with Crippen molar-refractivity contribution in [3.8, 4) is 0 Å². The predicted molar refractivity (Wildman–Crippen MR) is 98.1 cm³/mol. The summed E-state index contributed by atoms with van der Waals surface area (Å²) in [4.78, 5) is 38.5. The third-order valence-electron chi connectivity index (χ3n) is 4.45. The number of rotatable bonds is 3. The number of ether oxygens (including phenoxy) is 3. The lowest BCUT2D eigenvalue weighted by molar-refractivity contribution is -0.146. The van der Waals surface area contributed by atoms with Gasteiger partial charge in [0, 0.05) is 15.7 Å². The molecule has 0 bridgehead atoms. The Balaban J connectivity index is 2.43. The van der Waals surface area contributed by atoms with Crippen LogP contribution in [-0.2, 0) is 34.0 Å². The van der Waals surface area contributed by atoms with E-state index in [2.05, 4.69) is 21.2 Å². The Morgan fingerprint density at radius 1 is 1.30 bits per heavy atom. The van der Waals surface area contributed by atoms with Crippen LogP contribution in [0.3, 0.4) is 0 Å². The van der Waals surface area contributed by atoms with Crippen LogP contribution in [0.2, 0.25) is 0 Å². The molecule has 0 saturated carbocycles. The second kappa shape index (κ2) is 6.73. The molecule has 142 valence electrons. The Morgan fingerprint density at radius 2 is 2.00 bits per heavy atom. The highest BCUT2D eigenvalue weighted by atomic mass is 79.9. The lowest BCUT2D eigenvalue weighted by atomic mass is 9.67. The SMILES string of the molecule is CCOC(=O)C1=C(C)OC(=O)[C@@]12C(C(=O)OC)=C(N)Nc1ccc(Br)cc12. The minimum Gasteiger partial charge on any atom is -0.466 e. The molecular formula is C18H17BrN2O6. The molecule has 1 aromatic rings. The fraction of sp³-hybridized carbons (Fsp3) is 0.278. The molecule has 9 heteroatoms. The molecule has 1 aromatic carbocycles. The summed E-state index contributed by atoms with van der Waals surface area (Å²) in [7, 11) is 1.16. The lowest BCUT2D eigenvalue weighted by Crippen LogP contribution is -2.47. The zero-order chi connectivity index (χ0) is 19.9. The molecule has 1 spiro atoms. The standard InChI is InChI=1S/C18H17BrN2O6/c1-4-26-16(23)12-8(2)27-17(24)18(12)10-7-9(19)5-6-11(10)21-14(20)13(18)15(22)25-3/h5-7,21H,4,20H2,1-3H3/t18-/m1/s1. The highest BCUT2D eigenvalue weighted by Gasteiger charge is 2.62. The van der Waals surface area contributed by atoms with Crippen molar-refractivity contribution in [2.45, 2.75) is 19.3 Å². The van der Waals surface area contributed by atoms with Gasteiger partial charge in [0.2, 0.25) is 0 Å². The number of esters is 3. The highest BCUT2D eigenvalue weighted by Crippen LogP contribution is 2.53. The number of benzene rings is 1. The van der Waals surface area contributed by atoms with Crippen LogP contribution in [0.25, 0.3) is 0 Å². The van der Waals surface area contributed by atoms with E-state index in [0.29, 0.717) is 15.7 Å². The van der Waals surface area contributed by atoms with Gasteiger partial charge in [-0.05, 0) is 32.0 Å². The van der Waals surface area contributed by atoms with E-state index in [1.54, 1.807) is 25.1 Å². The number of carbonyl (C=O) groups is 3. The van der Waals surface area contributed by atoms with Crippen molar-refractivity contribution in [2.24, 2.45) is 5.73 Å². The van der Waals surface area contributed by atoms with Gasteiger partial charge >= 0.3 is 17.9 Å². The molecule has 0 fully saturated rings. The van der Waals surface area contributed by atoms with Gasteiger partial charge in [-0.15, -0.1) is 0 Å². The molecular weight excluding hydrogens is 420 g/mol. The van der Waals surface area contributed by atoms with Gasteiger partial charge in [0.05, 0.1) is 13.7 Å². The van der Waals surface area contributed by atoms with Crippen molar-refractivity contribution in [3.63, 3.8) is 0 Å². The summed E-state index contributed by atoms with van der Waals surface area (Å²) in [6, 6.07) is 5.03. The van der Waals surface area contributed by atoms with Gasteiger partial charge in [-0.2, -0.15) is 0 Å². The van der Waals surface area contributed by atoms with Crippen LogP contribution in [0.5, 0.6) is 0 Å². The normalized spacial score (nSPS) is 21.0. The Hall–Kier alpha value is -2.81. The van der Waals surface area contributed by atoms with Gasteiger partial charge in [-0.1, -0.05) is 15.9 Å². The number of nitrogens with one attached hydrogen (secondary N) is 1. The van der Waals surface area contributed by atoms with E-state index in [9.17, 15) is 14.4 Å². The maximum atomic E-state index is 13.1. The highest BCUT2D eigenvalue weighted by molar-refractivity contribution is 9.10. The van der Waals surface area contributed by atoms with Gasteiger partial charge in [-0.3, -0.25) is 0 Å². The fourth-order valence-electron chi connectivity index (χ4n) is 3.45. The molecule has 2 aliphatic rings. The quantitative estimate of drug-likeness (QED) is 0.544. The number of methoxy groups -OCH3 is 1. The van der Waals surface area contributed by atoms with Crippen LogP contribution >= 0.6 is 15.9 Å². The number of cyclic esters (lactones) is 1. The van der Waals surface area contributed by atoms with Crippen molar-refractivity contribution in [1.29, 1.82) is 0 Å². The van der Waals surface area contributed by atoms with Gasteiger partial charge in [-0.25, -0.2) is 14.4 Å². The van der Waals surface area contributed by atoms with Crippen molar-refractivity contribution in [2.75, 3.05) is 19.0 Å². The average Bonchev–Trinajstić information content (AvgIpc) is 2.86. The minimum absolute atomic E-state index is 0.0421. The summed E-state index contributed by atoms with van der Waals surface area (Å²) in [5, 5.41) is 2.88. The number of hydrogen-bond donors (Lipinski definition) is 2. The smallest absolute Gasteiger partial charge is 0.339 e. The molecule has 0 unspecified atom stereocenters. The molecule has 0 aromatic heterocycles. The fourth-order valence-corrected chi connectivity index (χ4v) is 3.81. The zero-order valence-electron chi connectivity index (χ0n) is 14.8. The first-order chi connectivity index (χ1) is 12.8. The summed E-state index contributed by atoms with van der Waals surface area (Å²) >= 11 is 3.36. The molecule has 2 heterocycles. The number of allylic oxidation sites excluding steroid dienone is 1. The molecule has 3 N–H and O–H groups in total. The van der Waals surface area contributed by atoms with Crippen LogP contribution in [-0.4, -0.2) is 31.6 Å². The summed E-state index contributed by atoms with van der Waals surface area (Å²) in [6.45, 7) is 3.18. The topological polar surface area (TPSA) is 117 Å². The lowest BCUT2D eigenvalue weighted by Gasteiger charge is -2.35. The maximum Gasteiger partial charge on any atom is 0.339 e. The van der Waals surface area contributed by atoms with Crippen molar-refractivity contribution in [3.05, 3.63) is 51.0 Å². The van der Waals surface area contributed by atoms with Crippen LogP contribution in [0, 0.1) is 0 Å². The second-order valence-electron chi connectivity index (χ2n) is 5.89. The number of fused-ring (bicyclic) bond motifs is 2. The Labute approximate surface area is 163 Å². The Bertz CT molecular complexity index is 936. The monoisotopic (exact) mass is 436 g/mol. The first-order valence-electron chi connectivity index (χ1n) is 8.05. The summed E-state index contributed by atoms with van der Waals surface area (Å²) in [5.74, 6) is -2.53. The van der Waals surface area contributed by atoms with Gasteiger partial charge in [0.25, 0.3) is 0 Å². The van der Waals surface area contributed by atoms with Gasteiger partial charge in [0.15, 0.2) is 5.41 Å². The molecule has 2 aliphatic heterocycles. The van der Waals surface area contributed by atoms with Crippen molar-refractivity contribution in [1.82, 2.24) is 0 Å². The van der Waals surface area contributed by atoms with Crippen molar-refractivity contribution < 1.29 is 28.6 Å². The average molecular weight is 437 g/mol. The molecule has 1 atom stereocenters. The van der Waals surface area contributed by atoms with Crippen LogP contribution in [0.15, 0.2) is 45.4 Å². The van der Waals surface area contributed by atoms with E-state index in [4.69, 9.17) is 19.9 Å². The number of nitrogens with two attached hydrogens (primary N) is 1. The summed E-state index contributed by atoms with van der Waals surface area (Å²) in [5.41, 5.74) is 4.65. The van der Waals surface area contributed by atoms with Gasteiger partial charge < -0.3 is 25.3 Å². The van der Waals surface area contributed by atoms with Crippen LogP contribution < -0.4 is 11.1 Å². The van der Waals surface area contributed by atoms with E-state index in [0.717, 1.165) is 7.11 Å². The molecule has 0 aliphatic carbocycles. The van der Waals surface area contributed by atoms with Gasteiger partial charge in [0.1, 0.15) is 22.7 Å². The summed E-state index contributed by atoms with van der Waals surface area (Å²) < 4.78 is 15.9. The third kappa shape index (κ3) is 2.61.